The van der Waals surface area contributed by atoms with Gasteiger partial charge in [-0.2, -0.15) is 0 Å². The molecule has 17 heavy (non-hydrogen) atoms. The van der Waals surface area contributed by atoms with E-state index in [2.05, 4.69) is 24.1 Å². The van der Waals surface area contributed by atoms with Crippen molar-refractivity contribution in [2.45, 2.75) is 46.6 Å². The number of aromatic nitrogens is 1. The first-order valence-electron chi connectivity index (χ1n) is 5.99. The standard InChI is InChI=1S/C12H20N2O2S/c1-5-7-8(3)13-12-14-10(9(4)17-12)11(15)16-6-2/h8H,5-7H2,1-4H3,(H,13,14). The van der Waals surface area contributed by atoms with Crippen LogP contribution in [0.2, 0.25) is 0 Å². The summed E-state index contributed by atoms with van der Waals surface area (Å²) >= 11 is 1.50. The molecule has 0 amide bonds. The highest BCUT2D eigenvalue weighted by molar-refractivity contribution is 7.15. The lowest BCUT2D eigenvalue weighted by molar-refractivity contribution is 0.0519. The van der Waals surface area contributed by atoms with Gasteiger partial charge in [-0.3, -0.25) is 0 Å². The van der Waals surface area contributed by atoms with Crippen molar-refractivity contribution in [1.82, 2.24) is 4.98 Å². The normalized spacial score (nSPS) is 12.2. The molecule has 1 rings (SSSR count). The molecular formula is C12H20N2O2S. The molecule has 0 fully saturated rings. The van der Waals surface area contributed by atoms with E-state index in [1.54, 1.807) is 6.92 Å². The second-order valence-corrected chi connectivity index (χ2v) is 5.18. The average molecular weight is 256 g/mol. The van der Waals surface area contributed by atoms with E-state index in [1.165, 1.54) is 11.3 Å². The first kappa shape index (κ1) is 14.0. The van der Waals surface area contributed by atoms with E-state index < -0.39 is 0 Å². The minimum Gasteiger partial charge on any atom is -0.461 e. The summed E-state index contributed by atoms with van der Waals surface area (Å²) in [6.45, 7) is 8.33. The number of aryl methyl sites for hydroxylation is 1. The Hall–Kier alpha value is -1.10. The predicted octanol–water partition coefficient (Wildman–Crippen LogP) is 3.23. The number of hydrogen-bond acceptors (Lipinski definition) is 5. The zero-order valence-electron chi connectivity index (χ0n) is 10.9. The fourth-order valence-electron chi connectivity index (χ4n) is 1.56. The Morgan fingerprint density at radius 3 is 2.82 bits per heavy atom. The zero-order valence-corrected chi connectivity index (χ0v) is 11.7. The summed E-state index contributed by atoms with van der Waals surface area (Å²) < 4.78 is 4.95. The molecule has 0 saturated heterocycles. The third-order valence-electron chi connectivity index (χ3n) is 2.36. The number of ether oxygens (including phenoxy) is 1. The van der Waals surface area contributed by atoms with Gasteiger partial charge in [-0.25, -0.2) is 9.78 Å². The van der Waals surface area contributed by atoms with Crippen LogP contribution >= 0.6 is 11.3 Å². The smallest absolute Gasteiger partial charge is 0.358 e. The van der Waals surface area contributed by atoms with Gasteiger partial charge in [0.25, 0.3) is 0 Å². The number of rotatable bonds is 6. The highest BCUT2D eigenvalue weighted by Crippen LogP contribution is 2.23. The largest absolute Gasteiger partial charge is 0.461 e. The number of hydrogen-bond donors (Lipinski definition) is 1. The van der Waals surface area contributed by atoms with Gasteiger partial charge in [0, 0.05) is 10.9 Å². The van der Waals surface area contributed by atoms with Gasteiger partial charge in [-0.15, -0.1) is 11.3 Å². The molecule has 0 bridgehead atoms. The number of nitrogens with one attached hydrogen (secondary N) is 1. The maximum atomic E-state index is 11.6. The molecule has 1 heterocycles. The van der Waals surface area contributed by atoms with Crippen LogP contribution in [0.1, 0.15) is 49.0 Å². The Kier molecular flexibility index (Phi) is 5.41. The van der Waals surface area contributed by atoms with Gasteiger partial charge >= 0.3 is 5.97 Å². The summed E-state index contributed by atoms with van der Waals surface area (Å²) in [6.07, 6.45) is 2.22. The maximum absolute atomic E-state index is 11.6. The zero-order chi connectivity index (χ0) is 12.8. The summed E-state index contributed by atoms with van der Waals surface area (Å²) in [6, 6.07) is 0.376. The predicted molar refractivity (Wildman–Crippen MR) is 70.8 cm³/mol. The summed E-state index contributed by atoms with van der Waals surface area (Å²) in [7, 11) is 0. The van der Waals surface area contributed by atoms with Crippen LogP contribution in [0.4, 0.5) is 5.13 Å². The Bertz CT molecular complexity index is 377. The van der Waals surface area contributed by atoms with Crippen molar-refractivity contribution in [3.63, 3.8) is 0 Å². The molecule has 96 valence electrons. The quantitative estimate of drug-likeness (QED) is 0.794. The van der Waals surface area contributed by atoms with Crippen molar-refractivity contribution in [2.24, 2.45) is 0 Å². The number of thiazole rings is 1. The van der Waals surface area contributed by atoms with E-state index in [9.17, 15) is 4.79 Å². The molecule has 5 heteroatoms. The molecule has 0 radical (unpaired) electrons. The van der Waals surface area contributed by atoms with E-state index in [4.69, 9.17) is 4.74 Å². The fraction of sp³-hybridized carbons (Fsp3) is 0.667. The molecule has 4 nitrogen and oxygen atoms in total. The Balaban J connectivity index is 2.70. The Morgan fingerprint density at radius 2 is 2.24 bits per heavy atom. The summed E-state index contributed by atoms with van der Waals surface area (Å²) in [5, 5.41) is 4.10. The molecular weight excluding hydrogens is 236 g/mol. The van der Waals surface area contributed by atoms with Crippen LogP contribution in [0.15, 0.2) is 0 Å². The Labute approximate surface area is 106 Å². The summed E-state index contributed by atoms with van der Waals surface area (Å²) in [5.41, 5.74) is 0.433. The monoisotopic (exact) mass is 256 g/mol. The molecule has 0 saturated carbocycles. The summed E-state index contributed by atoms with van der Waals surface area (Å²) in [4.78, 5) is 16.8. The number of esters is 1. The lowest BCUT2D eigenvalue weighted by Gasteiger charge is -2.10. The lowest BCUT2D eigenvalue weighted by Crippen LogP contribution is -2.14. The van der Waals surface area contributed by atoms with Gasteiger partial charge < -0.3 is 10.1 Å². The van der Waals surface area contributed by atoms with Crippen molar-refractivity contribution in [3.05, 3.63) is 10.6 Å². The van der Waals surface area contributed by atoms with Crippen LogP contribution in [-0.2, 0) is 4.74 Å². The van der Waals surface area contributed by atoms with Crippen molar-refractivity contribution < 1.29 is 9.53 Å². The topological polar surface area (TPSA) is 51.2 Å². The van der Waals surface area contributed by atoms with Gasteiger partial charge in [-0.1, -0.05) is 13.3 Å². The maximum Gasteiger partial charge on any atom is 0.358 e. The van der Waals surface area contributed by atoms with Crippen molar-refractivity contribution in [3.8, 4) is 0 Å². The van der Waals surface area contributed by atoms with E-state index in [0.717, 1.165) is 22.9 Å². The molecule has 1 unspecified atom stereocenters. The lowest BCUT2D eigenvalue weighted by atomic mass is 10.2. The molecule has 1 atom stereocenters. The molecule has 0 aromatic carbocycles. The van der Waals surface area contributed by atoms with Gasteiger partial charge in [-0.05, 0) is 27.2 Å². The summed E-state index contributed by atoms with van der Waals surface area (Å²) in [5.74, 6) is -0.336. The van der Waals surface area contributed by atoms with Gasteiger partial charge in [0.2, 0.25) is 0 Å². The SMILES string of the molecule is CCCC(C)Nc1nc(C(=O)OCC)c(C)s1. The second-order valence-electron chi connectivity index (χ2n) is 3.98. The minimum atomic E-state index is -0.336. The van der Waals surface area contributed by atoms with Gasteiger partial charge in [0.05, 0.1) is 6.61 Å². The molecule has 0 spiro atoms. The number of anilines is 1. The molecule has 1 aromatic rings. The molecule has 0 aliphatic heterocycles. The van der Waals surface area contributed by atoms with E-state index in [1.807, 2.05) is 6.92 Å². The first-order valence-corrected chi connectivity index (χ1v) is 6.81. The van der Waals surface area contributed by atoms with Crippen LogP contribution in [0.3, 0.4) is 0 Å². The van der Waals surface area contributed by atoms with E-state index in [-0.39, 0.29) is 5.97 Å². The number of carbonyl (C=O) groups excluding carboxylic acids is 1. The molecule has 0 aliphatic carbocycles. The molecule has 0 aliphatic rings. The average Bonchev–Trinajstić information content (AvgIpc) is 2.60. The van der Waals surface area contributed by atoms with Crippen LogP contribution in [-0.4, -0.2) is 23.6 Å². The highest BCUT2D eigenvalue weighted by atomic mass is 32.1. The van der Waals surface area contributed by atoms with Crippen molar-refractivity contribution >= 4 is 22.4 Å². The van der Waals surface area contributed by atoms with Gasteiger partial charge in [0.15, 0.2) is 10.8 Å². The highest BCUT2D eigenvalue weighted by Gasteiger charge is 2.16. The van der Waals surface area contributed by atoms with E-state index in [0.29, 0.717) is 18.3 Å². The minimum absolute atomic E-state index is 0.336. The first-order chi connectivity index (χ1) is 8.08. The van der Waals surface area contributed by atoms with Gasteiger partial charge in [0.1, 0.15) is 0 Å². The molecule has 1 N–H and O–H groups in total. The molecule has 1 aromatic heterocycles. The third kappa shape index (κ3) is 4.00. The van der Waals surface area contributed by atoms with Crippen LogP contribution in [0, 0.1) is 6.92 Å². The Morgan fingerprint density at radius 1 is 1.53 bits per heavy atom. The van der Waals surface area contributed by atoms with Crippen LogP contribution < -0.4 is 5.32 Å². The number of nitrogens with zero attached hydrogens (tertiary/aromatic N) is 1. The van der Waals surface area contributed by atoms with Crippen molar-refractivity contribution in [1.29, 1.82) is 0 Å². The van der Waals surface area contributed by atoms with E-state index >= 15 is 0 Å². The van der Waals surface area contributed by atoms with Crippen molar-refractivity contribution in [2.75, 3.05) is 11.9 Å². The fourth-order valence-corrected chi connectivity index (χ4v) is 2.48. The number of carbonyl (C=O) groups is 1. The van der Waals surface area contributed by atoms with Crippen LogP contribution in [0.5, 0.6) is 0 Å². The second kappa shape index (κ2) is 6.59. The van der Waals surface area contributed by atoms with Crippen LogP contribution in [0.25, 0.3) is 0 Å². The third-order valence-corrected chi connectivity index (χ3v) is 3.26.